The van der Waals surface area contributed by atoms with E-state index in [9.17, 15) is 5.26 Å². The first-order chi connectivity index (χ1) is 18.2. The quantitative estimate of drug-likeness (QED) is 0.408. The number of nitriles is 1. The summed E-state index contributed by atoms with van der Waals surface area (Å²) in [7, 11) is 0. The van der Waals surface area contributed by atoms with Gasteiger partial charge in [-0.25, -0.2) is 0 Å². The maximum Gasteiger partial charge on any atom is 0.102 e. The molecule has 0 amide bonds. The highest BCUT2D eigenvalue weighted by atomic mass is 79.9. The van der Waals surface area contributed by atoms with Crippen LogP contribution in [0.2, 0.25) is 0 Å². The molecule has 1 N–H and O–H groups in total. The van der Waals surface area contributed by atoms with Gasteiger partial charge in [-0.15, -0.1) is 0 Å². The predicted molar refractivity (Wildman–Crippen MR) is 156 cm³/mol. The lowest BCUT2D eigenvalue weighted by atomic mass is 9.82. The van der Waals surface area contributed by atoms with Crippen molar-refractivity contribution in [1.82, 2.24) is 0 Å². The van der Waals surface area contributed by atoms with Crippen LogP contribution in [-0.2, 0) is 6.42 Å². The number of hydrogen-bond donors (Lipinski definition) is 1. The monoisotopic (exact) mass is 546 g/mol. The Morgan fingerprint density at radius 1 is 0.892 bits per heavy atom. The molecule has 3 aromatic carbocycles. The largest absolute Gasteiger partial charge is 0.370 e. The molecule has 3 aromatic rings. The van der Waals surface area contributed by atoms with Gasteiger partial charge in [-0.1, -0.05) is 40.2 Å². The Morgan fingerprint density at radius 2 is 1.70 bits per heavy atom. The summed E-state index contributed by atoms with van der Waals surface area (Å²) in [6.45, 7) is 2.07. The maximum atomic E-state index is 10.4. The Balaban J connectivity index is 1.38. The summed E-state index contributed by atoms with van der Waals surface area (Å²) in [6.07, 6.45) is 14.3. The molecule has 4 aliphatic rings. The van der Waals surface area contributed by atoms with Gasteiger partial charge < -0.3 is 15.1 Å². The number of allylic oxidation sites excluding steroid dienone is 3. The van der Waals surface area contributed by atoms with Gasteiger partial charge in [0.1, 0.15) is 6.07 Å². The standard InChI is InChI=1S/C32H27BrN4/c33-24-10-12-25(13-11-24)37-18-4-5-22-6-7-23-19-26-28(35-31(23)32(22)37)14-8-21-9-15-29(27(20-34)30(21)26)36-16-2-1-3-17-36/h4-7,9-13,15,18-19,35H,1-3,8,14,16-17H2. The molecular formula is C32H27BrN4. The number of anilines is 4. The van der Waals surface area contributed by atoms with Crippen molar-refractivity contribution in [3.63, 3.8) is 0 Å². The number of benzene rings is 3. The molecule has 5 heteroatoms. The highest BCUT2D eigenvalue weighted by Crippen LogP contribution is 2.42. The number of halogens is 1. The minimum absolute atomic E-state index is 0.832. The first kappa shape index (κ1) is 22.4. The number of piperidine rings is 1. The molecule has 0 bridgehead atoms. The van der Waals surface area contributed by atoms with Gasteiger partial charge in [0.05, 0.1) is 22.6 Å². The van der Waals surface area contributed by atoms with E-state index in [1.165, 1.54) is 47.0 Å². The first-order valence-electron chi connectivity index (χ1n) is 13.1. The highest BCUT2D eigenvalue weighted by molar-refractivity contribution is 9.10. The Kier molecular flexibility index (Phi) is 5.44. The Hall–Kier alpha value is -3.75. The van der Waals surface area contributed by atoms with Crippen molar-refractivity contribution in [3.8, 4) is 6.07 Å². The van der Waals surface area contributed by atoms with Crippen LogP contribution in [0.3, 0.4) is 0 Å². The van der Waals surface area contributed by atoms with E-state index in [0.29, 0.717) is 0 Å². The van der Waals surface area contributed by atoms with Crippen LogP contribution in [0, 0.1) is 11.3 Å². The number of hydrogen-bond acceptors (Lipinski definition) is 4. The van der Waals surface area contributed by atoms with Crippen LogP contribution < -0.4 is 25.6 Å². The van der Waals surface area contributed by atoms with Gasteiger partial charge in [-0.2, -0.15) is 5.26 Å². The predicted octanol–water partition coefficient (Wildman–Crippen LogP) is 6.32. The van der Waals surface area contributed by atoms with Crippen LogP contribution >= 0.6 is 15.9 Å². The summed E-state index contributed by atoms with van der Waals surface area (Å²) < 4.78 is 1.07. The minimum Gasteiger partial charge on any atom is -0.370 e. The van der Waals surface area contributed by atoms with Crippen LogP contribution in [0.25, 0.3) is 17.7 Å². The zero-order valence-electron chi connectivity index (χ0n) is 20.6. The number of aryl methyl sites for hydroxylation is 1. The summed E-state index contributed by atoms with van der Waals surface area (Å²) in [5.74, 6) is 0. The molecular weight excluding hydrogens is 520 g/mol. The van der Waals surface area contributed by atoms with E-state index in [1.807, 2.05) is 0 Å². The molecule has 3 heterocycles. The zero-order valence-corrected chi connectivity index (χ0v) is 22.2. The molecule has 1 fully saturated rings. The van der Waals surface area contributed by atoms with Gasteiger partial charge in [0, 0.05) is 56.7 Å². The van der Waals surface area contributed by atoms with Crippen LogP contribution in [-0.4, -0.2) is 13.1 Å². The fourth-order valence-corrected chi connectivity index (χ4v) is 6.46. The van der Waals surface area contributed by atoms with Gasteiger partial charge in [-0.05, 0) is 80.2 Å². The molecule has 0 aromatic heterocycles. The molecule has 7 rings (SSSR count). The second-order valence-corrected chi connectivity index (χ2v) is 11.1. The van der Waals surface area contributed by atoms with Gasteiger partial charge in [-0.3, -0.25) is 0 Å². The van der Waals surface area contributed by atoms with E-state index >= 15 is 0 Å². The molecule has 4 nitrogen and oxygen atoms in total. The normalized spacial score (nSPS) is 17.4. The molecule has 0 radical (unpaired) electrons. The molecule has 0 atom stereocenters. The van der Waals surface area contributed by atoms with Crippen molar-refractivity contribution in [3.05, 3.63) is 98.1 Å². The maximum absolute atomic E-state index is 10.4. The summed E-state index contributed by atoms with van der Waals surface area (Å²) in [5.41, 5.74) is 10.1. The van der Waals surface area contributed by atoms with Gasteiger partial charge in [0.15, 0.2) is 0 Å². The number of nitrogens with one attached hydrogen (secondary N) is 1. The number of fused-ring (bicyclic) bond motifs is 5. The summed E-state index contributed by atoms with van der Waals surface area (Å²) in [5, 5.41) is 16.6. The van der Waals surface area contributed by atoms with Crippen molar-refractivity contribution < 1.29 is 0 Å². The van der Waals surface area contributed by atoms with Crippen molar-refractivity contribution in [2.45, 2.75) is 32.1 Å². The molecule has 3 aliphatic heterocycles. The lowest BCUT2D eigenvalue weighted by molar-refractivity contribution is 0.577. The van der Waals surface area contributed by atoms with E-state index in [-0.39, 0.29) is 0 Å². The van der Waals surface area contributed by atoms with E-state index in [0.717, 1.165) is 63.8 Å². The summed E-state index contributed by atoms with van der Waals surface area (Å²) >= 11 is 3.56. The number of rotatable bonds is 2. The van der Waals surface area contributed by atoms with Crippen molar-refractivity contribution in [2.24, 2.45) is 0 Å². The van der Waals surface area contributed by atoms with Gasteiger partial charge in [0.2, 0.25) is 0 Å². The average Bonchev–Trinajstić information content (AvgIpc) is 2.96. The van der Waals surface area contributed by atoms with E-state index in [4.69, 9.17) is 0 Å². The van der Waals surface area contributed by atoms with Crippen LogP contribution in [0.4, 0.5) is 22.7 Å². The molecule has 0 unspecified atom stereocenters. The zero-order chi connectivity index (χ0) is 24.9. The lowest BCUT2D eigenvalue weighted by Crippen LogP contribution is -2.31. The first-order valence-corrected chi connectivity index (χ1v) is 13.9. The second-order valence-electron chi connectivity index (χ2n) is 10.1. The third-order valence-corrected chi connectivity index (χ3v) is 8.52. The third kappa shape index (κ3) is 3.70. The van der Waals surface area contributed by atoms with Crippen LogP contribution in [0.5, 0.6) is 0 Å². The average molecular weight is 548 g/mol. The topological polar surface area (TPSA) is 42.3 Å². The smallest absolute Gasteiger partial charge is 0.102 e. The molecule has 182 valence electrons. The Labute approximate surface area is 225 Å². The van der Waals surface area contributed by atoms with E-state index < -0.39 is 0 Å². The van der Waals surface area contributed by atoms with Crippen LogP contribution in [0.1, 0.15) is 42.4 Å². The third-order valence-electron chi connectivity index (χ3n) is 7.99. The van der Waals surface area contributed by atoms with Gasteiger partial charge in [0.25, 0.3) is 0 Å². The minimum atomic E-state index is 0.832. The Bertz CT molecular complexity index is 1650. The molecule has 37 heavy (non-hydrogen) atoms. The molecule has 1 saturated heterocycles. The fourth-order valence-electron chi connectivity index (χ4n) is 6.20. The van der Waals surface area contributed by atoms with Crippen molar-refractivity contribution >= 4 is 56.4 Å². The summed E-state index contributed by atoms with van der Waals surface area (Å²) in [6, 6.07) is 19.9. The fraction of sp³-hybridized carbons (Fsp3) is 0.219. The van der Waals surface area contributed by atoms with E-state index in [2.05, 4.69) is 110 Å². The van der Waals surface area contributed by atoms with Crippen molar-refractivity contribution in [2.75, 3.05) is 28.2 Å². The Morgan fingerprint density at radius 3 is 2.51 bits per heavy atom. The molecule has 1 aliphatic carbocycles. The van der Waals surface area contributed by atoms with Gasteiger partial charge >= 0.3 is 0 Å². The number of nitrogens with zero attached hydrogens (tertiary/aromatic N) is 3. The highest BCUT2D eigenvalue weighted by Gasteiger charge is 2.28. The second kappa shape index (κ2) is 8.97. The lowest BCUT2D eigenvalue weighted by Gasteiger charge is -2.34. The molecule has 0 saturated carbocycles. The summed E-state index contributed by atoms with van der Waals surface area (Å²) in [4.78, 5) is 4.68. The van der Waals surface area contributed by atoms with Crippen molar-refractivity contribution in [1.29, 1.82) is 5.26 Å². The SMILES string of the molecule is N#Cc1c(N2CCCCC2)ccc2c1C1=C(CC2)Nc2c3c(ccc2=C1)=CC=CN3c1ccc(Br)cc1. The molecule has 0 spiro atoms. The van der Waals surface area contributed by atoms with E-state index in [1.54, 1.807) is 0 Å². The van der Waals surface area contributed by atoms with Crippen LogP contribution in [0.15, 0.2) is 71.0 Å².